The molecule has 0 atom stereocenters. The van der Waals surface area contributed by atoms with Gasteiger partial charge in [0.25, 0.3) is 0 Å². The van der Waals surface area contributed by atoms with Gasteiger partial charge in [-0.3, -0.25) is 0 Å². The van der Waals surface area contributed by atoms with Gasteiger partial charge >= 0.3 is 0 Å². The summed E-state index contributed by atoms with van der Waals surface area (Å²) in [7, 11) is 0. The van der Waals surface area contributed by atoms with Gasteiger partial charge in [-0.05, 0) is 127 Å². The van der Waals surface area contributed by atoms with Crippen LogP contribution in [0.5, 0.6) is 23.0 Å². The number of hydrogen-bond donors (Lipinski definition) is 0. The Morgan fingerprint density at radius 2 is 0.696 bits per heavy atom. The molecule has 2 heterocycles. The molecule has 2 aliphatic carbocycles. The summed E-state index contributed by atoms with van der Waals surface area (Å²) < 4.78 is 13.4. The maximum absolute atomic E-state index is 6.71. The third kappa shape index (κ3) is 5.11. The zero-order chi connectivity index (χ0) is 45.3. The Balaban J connectivity index is 0.976. The smallest absolute Gasteiger partial charge is 0.132 e. The van der Waals surface area contributed by atoms with Crippen LogP contribution in [0.1, 0.15) is 44.5 Å². The molecule has 15 rings (SSSR count). The van der Waals surface area contributed by atoms with E-state index in [0.29, 0.717) is 0 Å². The average Bonchev–Trinajstić information content (AvgIpc) is 3.87. The molecule has 0 amide bonds. The highest BCUT2D eigenvalue weighted by Gasteiger charge is 2.53. The van der Waals surface area contributed by atoms with Gasteiger partial charge in [0.2, 0.25) is 0 Å². The minimum Gasteiger partial charge on any atom is -0.457 e. The normalized spacial score (nSPS) is 14.3. The fourth-order valence-corrected chi connectivity index (χ4v) is 12.7. The van der Waals surface area contributed by atoms with Crippen LogP contribution in [0.3, 0.4) is 0 Å². The van der Waals surface area contributed by atoms with E-state index in [0.717, 1.165) is 62.3 Å². The van der Waals surface area contributed by atoms with E-state index < -0.39 is 10.8 Å². The van der Waals surface area contributed by atoms with Crippen molar-refractivity contribution in [2.75, 3.05) is 4.90 Å². The van der Waals surface area contributed by atoms with E-state index in [2.05, 4.69) is 254 Å². The first-order valence-electron chi connectivity index (χ1n) is 23.8. The topological polar surface area (TPSA) is 21.7 Å². The van der Waals surface area contributed by atoms with Crippen LogP contribution in [0.15, 0.2) is 249 Å². The van der Waals surface area contributed by atoms with Crippen molar-refractivity contribution in [1.82, 2.24) is 0 Å². The Labute approximate surface area is 400 Å². The average molecular weight is 880 g/mol. The number of fused-ring (bicyclic) bond motifs is 20. The van der Waals surface area contributed by atoms with Crippen LogP contribution in [0.25, 0.3) is 44.2 Å². The van der Waals surface area contributed by atoms with Crippen molar-refractivity contribution in [3.63, 3.8) is 0 Å². The monoisotopic (exact) mass is 879 g/mol. The van der Waals surface area contributed by atoms with E-state index in [1.165, 1.54) is 66.4 Å². The van der Waals surface area contributed by atoms with Gasteiger partial charge in [0.15, 0.2) is 0 Å². The lowest BCUT2D eigenvalue weighted by molar-refractivity contribution is 0.436. The molecule has 0 saturated carbocycles. The molecule has 322 valence electrons. The quantitative estimate of drug-likeness (QED) is 0.176. The molecule has 0 saturated heterocycles. The highest BCUT2D eigenvalue weighted by atomic mass is 16.5. The van der Waals surface area contributed by atoms with Gasteiger partial charge in [0, 0.05) is 39.3 Å². The lowest BCUT2D eigenvalue weighted by Crippen LogP contribution is -2.32. The summed E-state index contributed by atoms with van der Waals surface area (Å²) in [6, 6.07) is 90.9. The van der Waals surface area contributed by atoms with E-state index in [-0.39, 0.29) is 0 Å². The molecule has 3 nitrogen and oxygen atoms in total. The number of rotatable bonds is 4. The molecule has 2 spiro atoms. The van der Waals surface area contributed by atoms with Crippen LogP contribution in [-0.2, 0) is 10.8 Å². The van der Waals surface area contributed by atoms with E-state index in [9.17, 15) is 0 Å². The van der Waals surface area contributed by atoms with Crippen molar-refractivity contribution in [2.45, 2.75) is 10.8 Å². The van der Waals surface area contributed by atoms with Gasteiger partial charge in [-0.1, -0.05) is 188 Å². The van der Waals surface area contributed by atoms with Crippen molar-refractivity contribution >= 4 is 27.8 Å². The molecule has 2 aliphatic heterocycles. The Morgan fingerprint density at radius 1 is 0.275 bits per heavy atom. The van der Waals surface area contributed by atoms with Crippen LogP contribution in [0, 0.1) is 0 Å². The van der Waals surface area contributed by atoms with E-state index in [1.54, 1.807) is 0 Å². The zero-order valence-electron chi connectivity index (χ0n) is 37.4. The third-order valence-corrected chi connectivity index (χ3v) is 15.4. The summed E-state index contributed by atoms with van der Waals surface area (Å²) >= 11 is 0. The first-order chi connectivity index (χ1) is 34.2. The second-order valence-corrected chi connectivity index (χ2v) is 18.7. The van der Waals surface area contributed by atoms with E-state index in [4.69, 9.17) is 9.47 Å². The van der Waals surface area contributed by atoms with Crippen LogP contribution >= 0.6 is 0 Å². The molecular formula is C66H41NO2. The highest BCUT2D eigenvalue weighted by molar-refractivity contribution is 6.03. The molecule has 11 aromatic carbocycles. The van der Waals surface area contributed by atoms with Crippen LogP contribution in [0.2, 0.25) is 0 Å². The number of para-hydroxylation sites is 4. The molecule has 69 heavy (non-hydrogen) atoms. The summed E-state index contributed by atoms with van der Waals surface area (Å²) in [6.07, 6.45) is 0. The predicted molar refractivity (Wildman–Crippen MR) is 279 cm³/mol. The molecule has 0 fully saturated rings. The van der Waals surface area contributed by atoms with Gasteiger partial charge < -0.3 is 14.4 Å². The lowest BCUT2D eigenvalue weighted by Gasteiger charge is -2.40. The summed E-state index contributed by atoms with van der Waals surface area (Å²) in [5.41, 5.74) is 19.1. The Bertz CT molecular complexity index is 3830. The number of hydrogen-bond acceptors (Lipinski definition) is 3. The molecule has 3 heteroatoms. The second-order valence-electron chi connectivity index (χ2n) is 18.7. The maximum atomic E-state index is 6.71. The highest BCUT2D eigenvalue weighted by Crippen LogP contribution is 2.65. The Kier molecular flexibility index (Phi) is 7.92. The molecule has 0 aromatic heterocycles. The largest absolute Gasteiger partial charge is 0.457 e. The van der Waals surface area contributed by atoms with E-state index in [1.807, 2.05) is 0 Å². The van der Waals surface area contributed by atoms with Gasteiger partial charge in [0.05, 0.1) is 10.8 Å². The maximum Gasteiger partial charge on any atom is 0.132 e. The number of ether oxygens (including phenoxy) is 2. The predicted octanol–water partition coefficient (Wildman–Crippen LogP) is 16.9. The van der Waals surface area contributed by atoms with Gasteiger partial charge in [-0.15, -0.1) is 0 Å². The van der Waals surface area contributed by atoms with Crippen molar-refractivity contribution in [3.8, 4) is 56.4 Å². The lowest BCUT2D eigenvalue weighted by atomic mass is 9.65. The molecule has 11 aromatic rings. The third-order valence-electron chi connectivity index (χ3n) is 15.4. The van der Waals surface area contributed by atoms with Gasteiger partial charge in [-0.25, -0.2) is 0 Å². The van der Waals surface area contributed by atoms with Crippen molar-refractivity contribution < 1.29 is 9.47 Å². The van der Waals surface area contributed by atoms with Crippen molar-refractivity contribution in [3.05, 3.63) is 293 Å². The molecule has 0 unspecified atom stereocenters. The van der Waals surface area contributed by atoms with E-state index >= 15 is 0 Å². The Hall–Kier alpha value is -8.92. The number of nitrogens with zero attached hydrogens (tertiary/aromatic N) is 1. The summed E-state index contributed by atoms with van der Waals surface area (Å²) in [6.45, 7) is 0. The minimum absolute atomic E-state index is 0.578. The molecule has 0 N–H and O–H groups in total. The van der Waals surface area contributed by atoms with Crippen molar-refractivity contribution in [1.29, 1.82) is 0 Å². The summed E-state index contributed by atoms with van der Waals surface area (Å²) in [5.74, 6) is 3.55. The minimum atomic E-state index is -0.597. The zero-order valence-corrected chi connectivity index (χ0v) is 37.4. The molecule has 0 bridgehead atoms. The Morgan fingerprint density at radius 3 is 1.30 bits per heavy atom. The van der Waals surface area contributed by atoms with Gasteiger partial charge in [0.1, 0.15) is 23.0 Å². The molecule has 4 aliphatic rings. The molecule has 0 radical (unpaired) electrons. The standard InChI is InChI=1S/C66H41NO2/c1-2-16-42(17-3-1)43-30-33-45(34-31-43)67(47-36-39-51-49-18-4-6-20-53(49)65(59(51)41-47)55-22-8-12-26-60(55)68-61-27-13-9-23-56(61)65)46-35-38-48-44(40-46)32-37-52-50-19-5-7-21-54(50)66(64(48)52)57-24-10-14-28-62(57)69-63-29-15-11-25-58(63)66/h1-41H. The van der Waals surface area contributed by atoms with Crippen molar-refractivity contribution in [2.24, 2.45) is 0 Å². The number of anilines is 3. The molecular weight excluding hydrogens is 839 g/mol. The second kappa shape index (κ2) is 14.3. The van der Waals surface area contributed by atoms with Gasteiger partial charge in [-0.2, -0.15) is 0 Å². The SMILES string of the molecule is c1ccc(-c2ccc(N(c3ccc4c(c3)C3(c5ccccc5Oc5ccccc53)c3ccccc3-4)c3ccc4c5c(ccc4c3)-c3ccccc3C53c4ccccc4Oc4ccccc43)cc2)cc1. The van der Waals surface area contributed by atoms with Crippen LogP contribution in [-0.4, -0.2) is 0 Å². The first kappa shape index (κ1) is 38.2. The summed E-state index contributed by atoms with van der Waals surface area (Å²) in [4.78, 5) is 2.44. The number of benzene rings is 11. The van der Waals surface area contributed by atoms with Crippen LogP contribution in [0.4, 0.5) is 17.1 Å². The fourth-order valence-electron chi connectivity index (χ4n) is 12.7. The first-order valence-corrected chi connectivity index (χ1v) is 23.8. The van der Waals surface area contributed by atoms with Crippen LogP contribution < -0.4 is 14.4 Å². The summed E-state index contributed by atoms with van der Waals surface area (Å²) in [5, 5.41) is 2.39. The fraction of sp³-hybridized carbons (Fsp3) is 0.0303.